The van der Waals surface area contributed by atoms with Crippen LogP contribution in [0.5, 0.6) is 0 Å². The summed E-state index contributed by atoms with van der Waals surface area (Å²) in [5.41, 5.74) is -0.169. The van der Waals surface area contributed by atoms with Gasteiger partial charge in [-0.15, -0.1) is 0 Å². The van der Waals surface area contributed by atoms with Crippen LogP contribution in [0.15, 0.2) is 6.07 Å². The molecule has 2 atom stereocenters. The molecule has 0 radical (unpaired) electrons. The summed E-state index contributed by atoms with van der Waals surface area (Å²) in [5.74, 6) is -0.869. The van der Waals surface area contributed by atoms with Gasteiger partial charge in [-0.1, -0.05) is 13.8 Å². The van der Waals surface area contributed by atoms with Crippen molar-refractivity contribution in [2.75, 3.05) is 24.8 Å². The van der Waals surface area contributed by atoms with Crippen LogP contribution >= 0.6 is 0 Å². The van der Waals surface area contributed by atoms with E-state index in [9.17, 15) is 13.2 Å². The molecule has 118 valence electrons. The molecule has 0 amide bonds. The van der Waals surface area contributed by atoms with Gasteiger partial charge >= 0.3 is 6.18 Å². The lowest BCUT2D eigenvalue weighted by Gasteiger charge is -2.51. The van der Waals surface area contributed by atoms with Gasteiger partial charge in [0.2, 0.25) is 5.82 Å². The average Bonchev–Trinajstić information content (AvgIpc) is 2.41. The molecule has 2 N–H and O–H groups in total. The minimum Gasteiger partial charge on any atom is -0.381 e. The van der Waals surface area contributed by atoms with Crippen LogP contribution in [0.2, 0.25) is 0 Å². The van der Waals surface area contributed by atoms with Crippen LogP contribution in [-0.4, -0.2) is 36.3 Å². The van der Waals surface area contributed by atoms with Gasteiger partial charge in [0.15, 0.2) is 0 Å². The van der Waals surface area contributed by atoms with E-state index in [-0.39, 0.29) is 29.2 Å². The average molecular weight is 304 g/mol. The van der Waals surface area contributed by atoms with E-state index in [4.69, 9.17) is 4.74 Å². The van der Waals surface area contributed by atoms with E-state index in [2.05, 4.69) is 20.6 Å². The standard InChI is InChI=1S/C13H19F3N4O/c1-12(2)7(5-8(12)21-4)18-10-6-9(17-3)19-11(20-10)13(14,15)16/h6-8H,5H2,1-4H3,(H2,17,18,19,20). The highest BCUT2D eigenvalue weighted by Gasteiger charge is 2.49. The summed E-state index contributed by atoms with van der Waals surface area (Å²) in [6.07, 6.45) is -3.76. The molecule has 1 fully saturated rings. The molecule has 1 aromatic heterocycles. The van der Waals surface area contributed by atoms with Crippen molar-refractivity contribution in [2.45, 2.75) is 38.6 Å². The number of halogens is 3. The van der Waals surface area contributed by atoms with Gasteiger partial charge in [0.05, 0.1) is 6.10 Å². The Morgan fingerprint density at radius 3 is 2.38 bits per heavy atom. The third kappa shape index (κ3) is 3.04. The summed E-state index contributed by atoms with van der Waals surface area (Å²) in [6, 6.07) is 1.47. The topological polar surface area (TPSA) is 59.1 Å². The molecule has 2 rings (SSSR count). The number of rotatable bonds is 4. The molecule has 21 heavy (non-hydrogen) atoms. The first-order valence-electron chi connectivity index (χ1n) is 6.62. The summed E-state index contributed by atoms with van der Waals surface area (Å²) >= 11 is 0. The SMILES string of the molecule is CNc1cc(NC2CC(OC)C2(C)C)nc(C(F)(F)F)n1. The minimum atomic E-state index is -4.58. The van der Waals surface area contributed by atoms with Crippen molar-refractivity contribution in [2.24, 2.45) is 5.41 Å². The fourth-order valence-corrected chi connectivity index (χ4v) is 2.48. The third-order valence-electron chi connectivity index (χ3n) is 4.02. The van der Waals surface area contributed by atoms with E-state index < -0.39 is 12.0 Å². The number of hydrogen-bond acceptors (Lipinski definition) is 5. The highest BCUT2D eigenvalue weighted by molar-refractivity contribution is 5.48. The molecule has 8 heteroatoms. The summed E-state index contributed by atoms with van der Waals surface area (Å²) in [7, 11) is 3.15. The molecule has 1 heterocycles. The lowest BCUT2D eigenvalue weighted by atomic mass is 9.64. The molecule has 5 nitrogen and oxygen atoms in total. The molecule has 0 spiro atoms. The summed E-state index contributed by atoms with van der Waals surface area (Å²) < 4.78 is 43.7. The van der Waals surface area contributed by atoms with Crippen LogP contribution in [0.1, 0.15) is 26.1 Å². The number of hydrogen-bond donors (Lipinski definition) is 2. The van der Waals surface area contributed by atoms with E-state index in [0.29, 0.717) is 0 Å². The van der Waals surface area contributed by atoms with Crippen LogP contribution in [-0.2, 0) is 10.9 Å². The van der Waals surface area contributed by atoms with Crippen molar-refractivity contribution >= 4 is 11.6 Å². The van der Waals surface area contributed by atoms with Gasteiger partial charge in [-0.3, -0.25) is 0 Å². The molecule has 1 aliphatic rings. The lowest BCUT2D eigenvalue weighted by Crippen LogP contribution is -2.57. The molecule has 0 saturated heterocycles. The zero-order valence-corrected chi connectivity index (χ0v) is 12.4. The van der Waals surface area contributed by atoms with Crippen molar-refractivity contribution in [3.63, 3.8) is 0 Å². The quantitative estimate of drug-likeness (QED) is 0.896. The van der Waals surface area contributed by atoms with E-state index >= 15 is 0 Å². The van der Waals surface area contributed by atoms with Crippen LogP contribution in [0.3, 0.4) is 0 Å². The Balaban J connectivity index is 2.21. The third-order valence-corrected chi connectivity index (χ3v) is 4.02. The van der Waals surface area contributed by atoms with Crippen molar-refractivity contribution in [3.8, 4) is 0 Å². The second kappa shape index (κ2) is 5.32. The largest absolute Gasteiger partial charge is 0.451 e. The Hall–Kier alpha value is -1.57. The molecule has 0 bridgehead atoms. The first-order valence-corrected chi connectivity index (χ1v) is 6.62. The van der Waals surface area contributed by atoms with E-state index in [1.165, 1.54) is 13.1 Å². The van der Waals surface area contributed by atoms with Gasteiger partial charge in [-0.2, -0.15) is 13.2 Å². The first kappa shape index (κ1) is 15.8. The number of nitrogens with zero attached hydrogens (tertiary/aromatic N) is 2. The molecule has 0 aliphatic heterocycles. The number of alkyl halides is 3. The molecule has 0 aromatic carbocycles. The van der Waals surface area contributed by atoms with Gasteiger partial charge in [0, 0.05) is 31.7 Å². The maximum atomic E-state index is 12.8. The zero-order valence-electron chi connectivity index (χ0n) is 12.4. The maximum Gasteiger partial charge on any atom is 0.451 e. The van der Waals surface area contributed by atoms with Crippen LogP contribution in [0.25, 0.3) is 0 Å². The molecular formula is C13H19F3N4O. The molecule has 1 aromatic rings. The monoisotopic (exact) mass is 304 g/mol. The fraction of sp³-hybridized carbons (Fsp3) is 0.692. The molecule has 1 aliphatic carbocycles. The van der Waals surface area contributed by atoms with Crippen LogP contribution < -0.4 is 10.6 Å². The number of methoxy groups -OCH3 is 1. The van der Waals surface area contributed by atoms with Gasteiger partial charge in [0.25, 0.3) is 0 Å². The predicted octanol–water partition coefficient (Wildman–Crippen LogP) is 2.76. The Morgan fingerprint density at radius 1 is 1.29 bits per heavy atom. The molecular weight excluding hydrogens is 285 g/mol. The number of anilines is 2. The van der Waals surface area contributed by atoms with E-state index in [1.807, 2.05) is 13.8 Å². The lowest BCUT2D eigenvalue weighted by molar-refractivity contribution is -0.144. The van der Waals surface area contributed by atoms with Crippen molar-refractivity contribution < 1.29 is 17.9 Å². The molecule has 2 unspecified atom stereocenters. The number of aromatic nitrogens is 2. The Kier molecular flexibility index (Phi) is 4.01. The fourth-order valence-electron chi connectivity index (χ4n) is 2.48. The van der Waals surface area contributed by atoms with Crippen molar-refractivity contribution in [1.29, 1.82) is 0 Å². The number of ether oxygens (including phenoxy) is 1. The minimum absolute atomic E-state index is 0.00291. The van der Waals surface area contributed by atoms with Crippen LogP contribution in [0, 0.1) is 5.41 Å². The number of nitrogens with one attached hydrogen (secondary N) is 2. The second-order valence-electron chi connectivity index (χ2n) is 5.69. The smallest absolute Gasteiger partial charge is 0.381 e. The van der Waals surface area contributed by atoms with Crippen LogP contribution in [0.4, 0.5) is 24.8 Å². The Morgan fingerprint density at radius 2 is 1.90 bits per heavy atom. The van der Waals surface area contributed by atoms with E-state index in [0.717, 1.165) is 6.42 Å². The van der Waals surface area contributed by atoms with E-state index in [1.54, 1.807) is 7.11 Å². The van der Waals surface area contributed by atoms with Crippen molar-refractivity contribution in [1.82, 2.24) is 9.97 Å². The summed E-state index contributed by atoms with van der Waals surface area (Å²) in [4.78, 5) is 6.99. The predicted molar refractivity (Wildman–Crippen MR) is 73.2 cm³/mol. The highest BCUT2D eigenvalue weighted by atomic mass is 19.4. The van der Waals surface area contributed by atoms with Crippen molar-refractivity contribution in [3.05, 3.63) is 11.9 Å². The molecule has 1 saturated carbocycles. The maximum absolute atomic E-state index is 12.8. The Bertz CT molecular complexity index is 519. The highest BCUT2D eigenvalue weighted by Crippen LogP contribution is 2.44. The zero-order chi connectivity index (χ0) is 15.8. The normalized spacial score (nSPS) is 24.3. The van der Waals surface area contributed by atoms with Gasteiger partial charge in [0.1, 0.15) is 11.6 Å². The first-order chi connectivity index (χ1) is 9.68. The summed E-state index contributed by atoms with van der Waals surface area (Å²) in [6.45, 7) is 4.01. The summed E-state index contributed by atoms with van der Waals surface area (Å²) in [5, 5.41) is 5.66. The second-order valence-corrected chi connectivity index (χ2v) is 5.69. The van der Waals surface area contributed by atoms with Gasteiger partial charge < -0.3 is 15.4 Å². The Labute approximate surface area is 121 Å². The van der Waals surface area contributed by atoms with Gasteiger partial charge in [-0.25, -0.2) is 9.97 Å². The van der Waals surface area contributed by atoms with Gasteiger partial charge in [-0.05, 0) is 6.42 Å².